The minimum Gasteiger partial charge on any atom is -0.361 e. The fourth-order valence-electron chi connectivity index (χ4n) is 1.22. The number of allylic oxidation sites excluding steroid dienone is 1. The van der Waals surface area contributed by atoms with Gasteiger partial charge in [0.25, 0.3) is 11.6 Å². The maximum absolute atomic E-state index is 11.5. The topological polar surface area (TPSA) is 107 Å². The van der Waals surface area contributed by atoms with E-state index in [1.165, 1.54) is 6.08 Å². The number of Topliss-reactive ketones (excluding diaryl/α,β-unsaturated/α-hetero) is 2. The summed E-state index contributed by atoms with van der Waals surface area (Å²) in [5, 5.41) is 0. The minimum atomic E-state index is -0.786. The molecule has 0 atom stereocenters. The van der Waals surface area contributed by atoms with E-state index in [0.717, 1.165) is 0 Å². The van der Waals surface area contributed by atoms with Gasteiger partial charge in [-0.05, 0) is 11.6 Å². The zero-order valence-electron chi connectivity index (χ0n) is 9.22. The summed E-state index contributed by atoms with van der Waals surface area (Å²) in [6.07, 6.45) is 2.50. The molecule has 0 aliphatic rings. The molecular weight excluding hydrogens is 232 g/mol. The highest BCUT2D eigenvalue weighted by Gasteiger charge is 2.20. The van der Waals surface area contributed by atoms with Crippen molar-refractivity contribution in [3.05, 3.63) is 52.5 Å². The first-order chi connectivity index (χ1) is 8.69. The summed E-state index contributed by atoms with van der Waals surface area (Å²) < 4.78 is 0. The Labute approximate surface area is 102 Å². The summed E-state index contributed by atoms with van der Waals surface area (Å²) in [4.78, 5) is 28.2. The quantitative estimate of drug-likeness (QED) is 0.189. The molecule has 1 aromatic carbocycles. The van der Waals surface area contributed by atoms with Crippen molar-refractivity contribution in [3.63, 3.8) is 0 Å². The highest BCUT2D eigenvalue weighted by atomic mass is 16.1. The Morgan fingerprint density at radius 1 is 0.944 bits per heavy atom. The van der Waals surface area contributed by atoms with Crippen LogP contribution in [-0.4, -0.2) is 33.6 Å². The molecule has 0 heterocycles. The van der Waals surface area contributed by atoms with Gasteiger partial charge in [0.1, 0.15) is 0 Å². The van der Waals surface area contributed by atoms with Crippen molar-refractivity contribution in [2.24, 2.45) is 0 Å². The molecule has 0 spiro atoms. The summed E-state index contributed by atoms with van der Waals surface area (Å²) in [7, 11) is 0. The van der Waals surface area contributed by atoms with Crippen molar-refractivity contribution >= 4 is 30.1 Å². The number of nitrogens with zero attached hydrogens (tertiary/aromatic N) is 4. The molecule has 0 aliphatic carbocycles. The SMILES string of the molecule is [N-]=[N+]=CC(=O)C(=Cc1ccccc1)C(=O)C=[N+]=[N-]. The van der Waals surface area contributed by atoms with Crippen LogP contribution in [0.4, 0.5) is 0 Å². The maximum atomic E-state index is 11.5. The number of carbonyl (C=O) groups is 2. The van der Waals surface area contributed by atoms with Gasteiger partial charge in [-0.25, -0.2) is 0 Å². The van der Waals surface area contributed by atoms with Gasteiger partial charge in [-0.1, -0.05) is 30.3 Å². The summed E-state index contributed by atoms with van der Waals surface area (Å²) in [6.45, 7) is 0. The van der Waals surface area contributed by atoms with E-state index in [9.17, 15) is 9.59 Å². The smallest absolute Gasteiger partial charge is 0.328 e. The van der Waals surface area contributed by atoms with E-state index in [1.807, 2.05) is 0 Å². The fraction of sp³-hybridized carbons (Fsp3) is 0. The van der Waals surface area contributed by atoms with Crippen molar-refractivity contribution in [2.45, 2.75) is 0 Å². The third-order valence-electron chi connectivity index (χ3n) is 1.99. The molecule has 18 heavy (non-hydrogen) atoms. The van der Waals surface area contributed by atoms with Crippen LogP contribution in [-0.2, 0) is 9.59 Å². The second kappa shape index (κ2) is 6.60. The fourth-order valence-corrected chi connectivity index (χ4v) is 1.22. The van der Waals surface area contributed by atoms with E-state index < -0.39 is 11.6 Å². The monoisotopic (exact) mass is 240 g/mol. The molecule has 0 N–H and O–H groups in total. The second-order valence-corrected chi connectivity index (χ2v) is 3.19. The van der Waals surface area contributed by atoms with Gasteiger partial charge < -0.3 is 11.1 Å². The zero-order chi connectivity index (χ0) is 13.4. The first-order valence-corrected chi connectivity index (χ1v) is 4.89. The zero-order valence-corrected chi connectivity index (χ0v) is 9.22. The Kier molecular flexibility index (Phi) is 4.81. The molecule has 0 aliphatic heterocycles. The Bertz CT molecular complexity index is 560. The minimum absolute atomic E-state index is 0.267. The maximum Gasteiger partial charge on any atom is 0.328 e. The number of rotatable bonds is 5. The van der Waals surface area contributed by atoms with Crippen molar-refractivity contribution in [3.8, 4) is 0 Å². The van der Waals surface area contributed by atoms with Crippen LogP contribution in [0.1, 0.15) is 5.56 Å². The van der Waals surface area contributed by atoms with E-state index in [4.69, 9.17) is 11.1 Å². The molecule has 1 rings (SSSR count). The van der Waals surface area contributed by atoms with Gasteiger partial charge >= 0.3 is 12.4 Å². The lowest BCUT2D eigenvalue weighted by Gasteiger charge is -1.95. The number of hydrogen-bond acceptors (Lipinski definition) is 2. The Morgan fingerprint density at radius 2 is 1.44 bits per heavy atom. The predicted molar refractivity (Wildman–Crippen MR) is 63.8 cm³/mol. The highest BCUT2D eigenvalue weighted by Crippen LogP contribution is 2.07. The number of hydrogen-bond donors (Lipinski definition) is 0. The molecule has 0 amide bonds. The van der Waals surface area contributed by atoms with Crippen LogP contribution in [0.3, 0.4) is 0 Å². The standard InChI is InChI=1S/C12H8N4O2/c13-15-7-11(17)10(12(18)8-16-14)6-9-4-2-1-3-5-9/h1-8H. The first-order valence-electron chi connectivity index (χ1n) is 4.89. The molecule has 0 unspecified atom stereocenters. The molecule has 0 saturated heterocycles. The second-order valence-electron chi connectivity index (χ2n) is 3.19. The van der Waals surface area contributed by atoms with Crippen LogP contribution in [0.2, 0.25) is 0 Å². The molecule has 1 aromatic rings. The molecule has 0 fully saturated rings. The molecule has 88 valence electrons. The van der Waals surface area contributed by atoms with Gasteiger partial charge in [-0.15, -0.1) is 0 Å². The number of benzene rings is 1. The predicted octanol–water partition coefficient (Wildman–Crippen LogP) is 0.809. The largest absolute Gasteiger partial charge is 0.361 e. The van der Waals surface area contributed by atoms with Gasteiger partial charge in [0.05, 0.1) is 5.57 Å². The van der Waals surface area contributed by atoms with Crippen LogP contribution in [0, 0.1) is 0 Å². The van der Waals surface area contributed by atoms with E-state index in [-0.39, 0.29) is 5.57 Å². The van der Waals surface area contributed by atoms with Gasteiger partial charge in [-0.3, -0.25) is 9.59 Å². The third-order valence-corrected chi connectivity index (χ3v) is 1.99. The molecule has 0 saturated carbocycles. The lowest BCUT2D eigenvalue weighted by atomic mass is 10.0. The van der Waals surface area contributed by atoms with E-state index in [1.54, 1.807) is 30.3 Å². The first kappa shape index (κ1) is 13.1. The highest BCUT2D eigenvalue weighted by molar-refractivity contribution is 6.52. The lowest BCUT2D eigenvalue weighted by molar-refractivity contribution is -0.118. The van der Waals surface area contributed by atoms with Crippen LogP contribution in [0.25, 0.3) is 17.1 Å². The molecule has 0 aromatic heterocycles. The molecular formula is C12H8N4O2. The molecule has 6 heteroatoms. The Balaban J connectivity index is 3.24. The van der Waals surface area contributed by atoms with Gasteiger partial charge in [0.15, 0.2) is 0 Å². The Hall–Kier alpha value is -2.94. The average Bonchev–Trinajstić information content (AvgIpc) is 2.37. The third kappa shape index (κ3) is 3.57. The van der Waals surface area contributed by atoms with E-state index in [0.29, 0.717) is 18.0 Å². The summed E-state index contributed by atoms with van der Waals surface area (Å²) >= 11 is 0. The number of carbonyl (C=O) groups excluding carboxylic acids is 2. The van der Waals surface area contributed by atoms with Crippen LogP contribution < -0.4 is 0 Å². The summed E-state index contributed by atoms with van der Waals surface area (Å²) in [5.74, 6) is -1.57. The van der Waals surface area contributed by atoms with Crippen molar-refractivity contribution in [1.29, 1.82) is 0 Å². The lowest BCUT2D eigenvalue weighted by Crippen LogP contribution is -2.15. The van der Waals surface area contributed by atoms with Crippen LogP contribution in [0.15, 0.2) is 35.9 Å². The Morgan fingerprint density at radius 3 is 1.89 bits per heavy atom. The van der Waals surface area contributed by atoms with Gasteiger partial charge in [-0.2, -0.15) is 9.58 Å². The van der Waals surface area contributed by atoms with Gasteiger partial charge in [0.2, 0.25) is 0 Å². The van der Waals surface area contributed by atoms with E-state index >= 15 is 0 Å². The van der Waals surface area contributed by atoms with Crippen molar-refractivity contribution in [2.75, 3.05) is 0 Å². The number of ketones is 2. The van der Waals surface area contributed by atoms with Crippen LogP contribution >= 0.6 is 0 Å². The molecule has 0 radical (unpaired) electrons. The average molecular weight is 240 g/mol. The van der Waals surface area contributed by atoms with Crippen molar-refractivity contribution < 1.29 is 19.2 Å². The van der Waals surface area contributed by atoms with Crippen molar-refractivity contribution in [1.82, 2.24) is 0 Å². The molecule has 6 nitrogen and oxygen atoms in total. The van der Waals surface area contributed by atoms with E-state index in [2.05, 4.69) is 9.58 Å². The van der Waals surface area contributed by atoms with Gasteiger partial charge in [0, 0.05) is 0 Å². The van der Waals surface area contributed by atoms with Crippen LogP contribution in [0.5, 0.6) is 0 Å². The summed E-state index contributed by atoms with van der Waals surface area (Å²) in [6, 6.07) is 8.63. The normalized spacial score (nSPS) is 8.44. The molecule has 0 bridgehead atoms. The summed E-state index contributed by atoms with van der Waals surface area (Å²) in [5.41, 5.74) is 16.9.